The van der Waals surface area contributed by atoms with Crippen molar-refractivity contribution in [2.24, 2.45) is 5.73 Å². The van der Waals surface area contributed by atoms with Gasteiger partial charge in [0.1, 0.15) is 17.5 Å². The van der Waals surface area contributed by atoms with Crippen LogP contribution in [0.5, 0.6) is 11.5 Å². The van der Waals surface area contributed by atoms with Crippen molar-refractivity contribution in [2.75, 3.05) is 6.26 Å². The van der Waals surface area contributed by atoms with Crippen LogP contribution in [0, 0.1) is 11.8 Å². The van der Waals surface area contributed by atoms with Crippen LogP contribution in [0.15, 0.2) is 53.4 Å². The first-order valence-corrected chi connectivity index (χ1v) is 8.43. The lowest BCUT2D eigenvalue weighted by Gasteiger charge is -2.14. The van der Waals surface area contributed by atoms with Crippen LogP contribution in [0.4, 0.5) is 4.79 Å². The number of hydrogen-bond donors (Lipinski definition) is 2. The maximum Gasteiger partial charge on any atom is 0.339 e. The number of hydrogen-bond acceptors (Lipinski definition) is 4. The zero-order valence-electron chi connectivity index (χ0n) is 13.4. The first-order valence-electron chi connectivity index (χ1n) is 7.20. The van der Waals surface area contributed by atoms with Gasteiger partial charge in [-0.25, -0.2) is 4.79 Å². The molecule has 0 spiro atoms. The lowest BCUT2D eigenvalue weighted by molar-refractivity contribution is -0.0536. The molecule has 124 valence electrons. The minimum Gasteiger partial charge on any atom is -0.457 e. The van der Waals surface area contributed by atoms with E-state index in [4.69, 9.17) is 10.5 Å². The van der Waals surface area contributed by atoms with Crippen molar-refractivity contribution in [1.29, 1.82) is 0 Å². The minimum absolute atomic E-state index is 0.390. The Labute approximate surface area is 145 Å². The van der Waals surface area contributed by atoms with Gasteiger partial charge in [0.15, 0.2) is 0 Å². The number of urea groups is 1. The van der Waals surface area contributed by atoms with Gasteiger partial charge in [0.05, 0.1) is 0 Å². The largest absolute Gasteiger partial charge is 0.457 e. The van der Waals surface area contributed by atoms with Crippen molar-refractivity contribution in [3.63, 3.8) is 0 Å². The van der Waals surface area contributed by atoms with Crippen LogP contribution >= 0.6 is 11.8 Å². The third-order valence-corrected chi connectivity index (χ3v) is 3.89. The lowest BCUT2D eigenvalue weighted by Crippen LogP contribution is -2.38. The number of amides is 2. The topological polar surface area (TPSA) is 75.8 Å². The van der Waals surface area contributed by atoms with E-state index in [-0.39, 0.29) is 0 Å². The van der Waals surface area contributed by atoms with Crippen LogP contribution < -0.4 is 10.5 Å². The van der Waals surface area contributed by atoms with E-state index in [9.17, 15) is 10.0 Å². The Bertz CT molecular complexity index is 766. The van der Waals surface area contributed by atoms with E-state index in [1.54, 1.807) is 24.8 Å². The van der Waals surface area contributed by atoms with Gasteiger partial charge in [-0.15, -0.1) is 11.8 Å². The van der Waals surface area contributed by atoms with Crippen LogP contribution in [-0.2, 0) is 0 Å². The van der Waals surface area contributed by atoms with Crippen molar-refractivity contribution in [3.05, 3.63) is 54.1 Å². The van der Waals surface area contributed by atoms with E-state index in [2.05, 4.69) is 11.8 Å². The average Bonchev–Trinajstić information content (AvgIpc) is 2.60. The zero-order valence-corrected chi connectivity index (χ0v) is 14.2. The van der Waals surface area contributed by atoms with Crippen LogP contribution in [0.2, 0.25) is 0 Å². The summed E-state index contributed by atoms with van der Waals surface area (Å²) in [7, 11) is 0. The normalized spacial score (nSPS) is 11.1. The highest BCUT2D eigenvalue weighted by molar-refractivity contribution is 7.98. The molecule has 0 aliphatic carbocycles. The Kier molecular flexibility index (Phi) is 6.13. The summed E-state index contributed by atoms with van der Waals surface area (Å²) in [6.07, 6.45) is 2.02. The van der Waals surface area contributed by atoms with Gasteiger partial charge in [-0.1, -0.05) is 17.9 Å². The molecule has 0 aromatic heterocycles. The molecule has 0 saturated carbocycles. The molecule has 0 aliphatic rings. The molecule has 1 atom stereocenters. The van der Waals surface area contributed by atoms with Gasteiger partial charge < -0.3 is 10.5 Å². The molecule has 2 aromatic rings. The number of nitrogens with two attached hydrogens (primary N) is 1. The van der Waals surface area contributed by atoms with Gasteiger partial charge in [0.25, 0.3) is 0 Å². The molecule has 5 nitrogen and oxygen atoms in total. The smallest absolute Gasteiger partial charge is 0.339 e. The second-order valence-corrected chi connectivity index (χ2v) is 5.81. The number of carbonyl (C=O) groups excluding carboxylic acids is 1. The molecule has 2 aromatic carbocycles. The van der Waals surface area contributed by atoms with Gasteiger partial charge >= 0.3 is 6.03 Å². The zero-order chi connectivity index (χ0) is 17.5. The number of carbonyl (C=O) groups is 1. The number of nitrogens with zero attached hydrogens (tertiary/aromatic N) is 1. The fourth-order valence-corrected chi connectivity index (χ4v) is 2.27. The molecule has 6 heteroatoms. The van der Waals surface area contributed by atoms with Gasteiger partial charge in [-0.2, -0.15) is 5.06 Å². The highest BCUT2D eigenvalue weighted by Gasteiger charge is 2.11. The maximum absolute atomic E-state index is 10.9. The fraction of sp³-hybridized carbons (Fsp3) is 0.167. The van der Waals surface area contributed by atoms with Gasteiger partial charge in [0, 0.05) is 10.5 Å². The van der Waals surface area contributed by atoms with E-state index in [1.165, 1.54) is 4.90 Å². The summed E-state index contributed by atoms with van der Waals surface area (Å²) in [6.45, 7) is 1.57. The minimum atomic E-state index is -0.942. The molecular formula is C18H18N2O3S. The van der Waals surface area contributed by atoms with Crippen molar-refractivity contribution in [3.8, 4) is 23.3 Å². The predicted octanol–water partition coefficient (Wildman–Crippen LogP) is 3.71. The lowest BCUT2D eigenvalue weighted by atomic mass is 10.2. The number of thioether (sulfide) groups is 1. The molecule has 3 N–H and O–H groups in total. The highest BCUT2D eigenvalue weighted by atomic mass is 32.2. The van der Waals surface area contributed by atoms with Gasteiger partial charge in [-0.05, 0) is 55.6 Å². The Hall–Kier alpha value is -2.62. The number of primary amides is 1. The molecule has 0 saturated heterocycles. The van der Waals surface area contributed by atoms with Crippen LogP contribution in [0.3, 0.4) is 0 Å². The summed E-state index contributed by atoms with van der Waals surface area (Å²) in [6, 6.07) is 13.4. The van der Waals surface area contributed by atoms with E-state index in [1.807, 2.05) is 48.7 Å². The van der Waals surface area contributed by atoms with E-state index in [0.29, 0.717) is 16.4 Å². The summed E-state index contributed by atoms with van der Waals surface area (Å²) in [5.74, 6) is 7.03. The molecule has 2 rings (SSSR count). The molecular weight excluding hydrogens is 324 g/mol. The number of hydroxylamine groups is 2. The SMILES string of the molecule is CSc1ccc(Oc2cccc(C#CC(C)N(O)C(N)=O)c2)cc1. The second kappa shape index (κ2) is 8.29. The first-order chi connectivity index (χ1) is 11.5. The van der Waals surface area contributed by atoms with Gasteiger partial charge in [-0.3, -0.25) is 5.21 Å². The predicted molar refractivity (Wildman–Crippen MR) is 94.3 cm³/mol. The van der Waals surface area contributed by atoms with Crippen molar-refractivity contribution >= 4 is 17.8 Å². The molecule has 2 amide bonds. The molecule has 0 fully saturated rings. The summed E-state index contributed by atoms with van der Waals surface area (Å²) in [5.41, 5.74) is 5.69. The highest BCUT2D eigenvalue weighted by Crippen LogP contribution is 2.24. The standard InChI is InChI=1S/C18H18N2O3S/c1-13(20(22)18(19)21)6-7-14-4-3-5-16(12-14)23-15-8-10-17(24-2)11-9-15/h3-5,8-13,22H,1-2H3,(H2,19,21). The molecule has 0 heterocycles. The average molecular weight is 342 g/mol. The van der Waals surface area contributed by atoms with Crippen molar-refractivity contribution in [2.45, 2.75) is 17.9 Å². The first kappa shape index (κ1) is 17.7. The molecule has 0 radical (unpaired) electrons. The van der Waals surface area contributed by atoms with E-state index >= 15 is 0 Å². The summed E-state index contributed by atoms with van der Waals surface area (Å²) in [5, 5.41) is 9.78. The van der Waals surface area contributed by atoms with Crippen LogP contribution in [0.1, 0.15) is 12.5 Å². The van der Waals surface area contributed by atoms with Gasteiger partial charge in [0.2, 0.25) is 0 Å². The Morgan fingerprint density at radius 1 is 1.25 bits per heavy atom. The fourth-order valence-electron chi connectivity index (χ4n) is 1.86. The van der Waals surface area contributed by atoms with E-state index < -0.39 is 12.1 Å². The molecule has 0 aliphatic heterocycles. The number of ether oxygens (including phenoxy) is 1. The summed E-state index contributed by atoms with van der Waals surface area (Å²) >= 11 is 1.67. The number of benzene rings is 2. The summed E-state index contributed by atoms with van der Waals surface area (Å²) in [4.78, 5) is 12.0. The van der Waals surface area contributed by atoms with Crippen LogP contribution in [0.25, 0.3) is 0 Å². The maximum atomic E-state index is 10.9. The van der Waals surface area contributed by atoms with Crippen LogP contribution in [-0.4, -0.2) is 28.6 Å². The Morgan fingerprint density at radius 2 is 1.96 bits per heavy atom. The Morgan fingerprint density at radius 3 is 2.58 bits per heavy atom. The monoisotopic (exact) mass is 342 g/mol. The third-order valence-electron chi connectivity index (χ3n) is 3.15. The quantitative estimate of drug-likeness (QED) is 0.384. The summed E-state index contributed by atoms with van der Waals surface area (Å²) < 4.78 is 5.80. The third kappa shape index (κ3) is 4.95. The molecule has 1 unspecified atom stereocenters. The van der Waals surface area contributed by atoms with Crippen molar-refractivity contribution < 1.29 is 14.7 Å². The van der Waals surface area contributed by atoms with Crippen molar-refractivity contribution in [1.82, 2.24) is 5.06 Å². The Balaban J connectivity index is 2.10. The molecule has 0 bridgehead atoms. The number of rotatable bonds is 4. The molecule has 24 heavy (non-hydrogen) atoms. The second-order valence-electron chi connectivity index (χ2n) is 4.93. The van der Waals surface area contributed by atoms with E-state index in [0.717, 1.165) is 5.75 Å².